The summed E-state index contributed by atoms with van der Waals surface area (Å²) in [6, 6.07) is 9.12. The lowest BCUT2D eigenvalue weighted by atomic mass is 10.1. The van der Waals surface area contributed by atoms with Crippen LogP contribution in [0, 0.1) is 12.7 Å². The summed E-state index contributed by atoms with van der Waals surface area (Å²) in [5.41, 5.74) is 2.84. The summed E-state index contributed by atoms with van der Waals surface area (Å²) < 4.78 is 24.5. The number of para-hydroxylation sites is 1. The monoisotopic (exact) mass is 300 g/mol. The summed E-state index contributed by atoms with van der Waals surface area (Å²) in [6.45, 7) is 2.18. The third kappa shape index (κ3) is 2.50. The van der Waals surface area contributed by atoms with E-state index in [-0.39, 0.29) is 17.9 Å². The van der Waals surface area contributed by atoms with Crippen LogP contribution in [-0.4, -0.2) is 11.5 Å². The van der Waals surface area contributed by atoms with Gasteiger partial charge >= 0.3 is 0 Å². The van der Waals surface area contributed by atoms with Crippen molar-refractivity contribution in [2.45, 2.75) is 13.5 Å². The van der Waals surface area contributed by atoms with Crippen molar-refractivity contribution in [1.29, 1.82) is 0 Å². The molecule has 0 saturated carbocycles. The maximum absolute atomic E-state index is 14.7. The zero-order valence-electron chi connectivity index (χ0n) is 11.8. The Bertz CT molecular complexity index is 829. The number of hydrogen-bond donors (Lipinski definition) is 1. The number of rotatable bonds is 5. The molecule has 0 aliphatic carbocycles. The largest absolute Gasteiger partial charge is 0.463 e. The molecule has 0 amide bonds. The third-order valence-electron chi connectivity index (χ3n) is 3.36. The van der Waals surface area contributed by atoms with Crippen molar-refractivity contribution in [3.05, 3.63) is 53.7 Å². The quantitative estimate of drug-likeness (QED) is 0.728. The summed E-state index contributed by atoms with van der Waals surface area (Å²) in [5.74, 6) is -0.567. The number of carbonyl (C=O) groups is 1. The van der Waals surface area contributed by atoms with Gasteiger partial charge in [-0.25, -0.2) is 9.37 Å². The molecule has 112 valence electrons. The number of benzene rings is 2. The maximum Gasteiger partial charge on any atom is 0.293 e. The van der Waals surface area contributed by atoms with Crippen molar-refractivity contribution in [3.63, 3.8) is 0 Å². The van der Waals surface area contributed by atoms with Crippen LogP contribution in [-0.2, 0) is 16.1 Å². The van der Waals surface area contributed by atoms with Crippen LogP contribution < -0.4 is 5.32 Å². The fraction of sp³-hybridized carbons (Fsp3) is 0.125. The van der Waals surface area contributed by atoms with Crippen LogP contribution in [0.4, 0.5) is 15.8 Å². The van der Waals surface area contributed by atoms with Gasteiger partial charge in [0, 0.05) is 11.3 Å². The van der Waals surface area contributed by atoms with E-state index in [2.05, 4.69) is 10.3 Å². The number of carbonyl (C=O) groups excluding carboxylic acids is 1. The maximum atomic E-state index is 14.7. The highest BCUT2D eigenvalue weighted by Crippen LogP contribution is 2.32. The lowest BCUT2D eigenvalue weighted by Crippen LogP contribution is -2.03. The highest BCUT2D eigenvalue weighted by molar-refractivity contribution is 5.82. The van der Waals surface area contributed by atoms with Crippen molar-refractivity contribution in [1.82, 2.24) is 4.98 Å². The van der Waals surface area contributed by atoms with Gasteiger partial charge in [-0.05, 0) is 24.6 Å². The van der Waals surface area contributed by atoms with E-state index in [0.717, 1.165) is 11.3 Å². The zero-order chi connectivity index (χ0) is 15.5. The topological polar surface area (TPSA) is 64.4 Å². The predicted octanol–water partition coefficient (Wildman–Crippen LogP) is 3.69. The number of aryl methyl sites for hydroxylation is 1. The average Bonchev–Trinajstić information content (AvgIpc) is 2.99. The van der Waals surface area contributed by atoms with Gasteiger partial charge in [-0.1, -0.05) is 18.2 Å². The van der Waals surface area contributed by atoms with Gasteiger partial charge in [0.15, 0.2) is 17.8 Å². The number of aromatic nitrogens is 1. The Morgan fingerprint density at radius 2 is 2.23 bits per heavy atom. The van der Waals surface area contributed by atoms with E-state index in [0.29, 0.717) is 17.6 Å². The molecule has 0 aliphatic heterocycles. The average molecular weight is 300 g/mol. The molecule has 2 aromatic carbocycles. The standard InChI is InChI=1S/C16H13FN2O3/c1-10-4-2-3-5-12(10)19-15-11(7-21-9-20)6-13-16(14(15)17)22-8-18-13/h2-6,8-9,19H,7H2,1H3. The van der Waals surface area contributed by atoms with Crippen LogP contribution in [0.15, 0.2) is 41.1 Å². The molecule has 3 aromatic rings. The van der Waals surface area contributed by atoms with Crippen molar-refractivity contribution in [3.8, 4) is 0 Å². The van der Waals surface area contributed by atoms with Gasteiger partial charge in [0.1, 0.15) is 12.1 Å². The highest BCUT2D eigenvalue weighted by atomic mass is 19.1. The molecular formula is C16H13FN2O3. The minimum absolute atomic E-state index is 0.0581. The predicted molar refractivity (Wildman–Crippen MR) is 79.3 cm³/mol. The molecule has 6 heteroatoms. The first-order valence-corrected chi connectivity index (χ1v) is 6.63. The summed E-state index contributed by atoms with van der Waals surface area (Å²) in [7, 11) is 0. The molecule has 1 N–H and O–H groups in total. The molecular weight excluding hydrogens is 287 g/mol. The second-order valence-electron chi connectivity index (χ2n) is 4.77. The Hall–Kier alpha value is -2.89. The van der Waals surface area contributed by atoms with Crippen molar-refractivity contribution in [2.24, 2.45) is 0 Å². The third-order valence-corrected chi connectivity index (χ3v) is 3.36. The first kappa shape index (κ1) is 14.1. The molecule has 0 atom stereocenters. The Balaban J connectivity index is 2.10. The van der Waals surface area contributed by atoms with Gasteiger partial charge < -0.3 is 14.5 Å². The molecule has 0 fully saturated rings. The second kappa shape index (κ2) is 5.85. The SMILES string of the molecule is Cc1ccccc1Nc1c(COC=O)cc2ncoc2c1F. The molecule has 1 heterocycles. The van der Waals surface area contributed by atoms with Gasteiger partial charge in [0.25, 0.3) is 6.47 Å². The number of oxazole rings is 1. The lowest BCUT2D eigenvalue weighted by molar-refractivity contribution is -0.129. The Kier molecular flexibility index (Phi) is 3.74. The summed E-state index contributed by atoms with van der Waals surface area (Å²) >= 11 is 0. The number of halogens is 1. The van der Waals surface area contributed by atoms with Gasteiger partial charge in [0.05, 0.1) is 5.69 Å². The minimum Gasteiger partial charge on any atom is -0.463 e. The van der Waals surface area contributed by atoms with Crippen molar-refractivity contribution < 1.29 is 18.3 Å². The number of fused-ring (bicyclic) bond motifs is 1. The first-order valence-electron chi connectivity index (χ1n) is 6.63. The lowest BCUT2D eigenvalue weighted by Gasteiger charge is -2.14. The summed E-state index contributed by atoms with van der Waals surface area (Å²) in [4.78, 5) is 14.4. The number of ether oxygens (including phenoxy) is 1. The zero-order valence-corrected chi connectivity index (χ0v) is 11.8. The Labute approximate surface area is 125 Å². The molecule has 5 nitrogen and oxygen atoms in total. The number of nitrogens with one attached hydrogen (secondary N) is 1. The van der Waals surface area contributed by atoms with Crippen LogP contribution >= 0.6 is 0 Å². The van der Waals surface area contributed by atoms with E-state index >= 15 is 0 Å². The van der Waals surface area contributed by atoms with Crippen LogP contribution in [0.5, 0.6) is 0 Å². The normalized spacial score (nSPS) is 10.6. The highest BCUT2D eigenvalue weighted by Gasteiger charge is 2.17. The van der Waals surface area contributed by atoms with E-state index < -0.39 is 5.82 Å². The molecule has 0 saturated heterocycles. The molecule has 0 radical (unpaired) electrons. The summed E-state index contributed by atoms with van der Waals surface area (Å²) in [6.07, 6.45) is 1.18. The van der Waals surface area contributed by atoms with Crippen molar-refractivity contribution >= 4 is 28.9 Å². The molecule has 0 spiro atoms. The van der Waals surface area contributed by atoms with E-state index in [1.165, 1.54) is 6.39 Å². The second-order valence-corrected chi connectivity index (χ2v) is 4.77. The van der Waals surface area contributed by atoms with E-state index in [4.69, 9.17) is 9.15 Å². The molecule has 0 aliphatic rings. The van der Waals surface area contributed by atoms with Gasteiger partial charge in [-0.3, -0.25) is 4.79 Å². The van der Waals surface area contributed by atoms with Crippen LogP contribution in [0.2, 0.25) is 0 Å². The summed E-state index contributed by atoms with van der Waals surface area (Å²) in [5, 5.41) is 3.04. The molecule has 3 rings (SSSR count). The Morgan fingerprint density at radius 3 is 3.00 bits per heavy atom. The smallest absolute Gasteiger partial charge is 0.293 e. The molecule has 0 unspecified atom stereocenters. The Morgan fingerprint density at radius 1 is 1.41 bits per heavy atom. The van der Waals surface area contributed by atoms with Crippen LogP contribution in [0.1, 0.15) is 11.1 Å². The number of anilines is 2. The fourth-order valence-corrected chi connectivity index (χ4v) is 2.23. The molecule has 22 heavy (non-hydrogen) atoms. The van der Waals surface area contributed by atoms with Gasteiger partial charge in [-0.2, -0.15) is 0 Å². The number of hydrogen-bond acceptors (Lipinski definition) is 5. The molecule has 1 aromatic heterocycles. The first-order chi connectivity index (χ1) is 10.7. The molecule has 0 bridgehead atoms. The fourth-order valence-electron chi connectivity index (χ4n) is 2.23. The van der Waals surface area contributed by atoms with Crippen molar-refractivity contribution in [2.75, 3.05) is 5.32 Å². The van der Waals surface area contributed by atoms with E-state index in [1.54, 1.807) is 6.07 Å². The van der Waals surface area contributed by atoms with Gasteiger partial charge in [-0.15, -0.1) is 0 Å². The number of nitrogens with zero attached hydrogens (tertiary/aromatic N) is 1. The van der Waals surface area contributed by atoms with Crippen LogP contribution in [0.3, 0.4) is 0 Å². The van der Waals surface area contributed by atoms with Crippen LogP contribution in [0.25, 0.3) is 11.1 Å². The van der Waals surface area contributed by atoms with E-state index in [9.17, 15) is 9.18 Å². The van der Waals surface area contributed by atoms with Gasteiger partial charge in [0.2, 0.25) is 0 Å². The minimum atomic E-state index is -0.567. The van der Waals surface area contributed by atoms with E-state index in [1.807, 2.05) is 31.2 Å².